The Morgan fingerprint density at radius 1 is 1.05 bits per heavy atom. The lowest BCUT2D eigenvalue weighted by molar-refractivity contribution is 0.283. The van der Waals surface area contributed by atoms with E-state index in [9.17, 15) is 4.57 Å². The van der Waals surface area contributed by atoms with Gasteiger partial charge in [-0.25, -0.2) is 4.57 Å². The first-order chi connectivity index (χ1) is 10.5. The van der Waals surface area contributed by atoms with Crippen LogP contribution in [0.15, 0.2) is 36.4 Å². The third-order valence-corrected chi connectivity index (χ3v) is 4.43. The van der Waals surface area contributed by atoms with Crippen LogP contribution in [-0.2, 0) is 11.0 Å². The molecule has 0 bridgehead atoms. The van der Waals surface area contributed by atoms with E-state index >= 15 is 0 Å². The minimum absolute atomic E-state index is 0.193. The van der Waals surface area contributed by atoms with Crippen molar-refractivity contribution >= 4 is 26.1 Å². The highest BCUT2D eigenvalue weighted by Gasteiger charge is 2.18. The van der Waals surface area contributed by atoms with Crippen LogP contribution in [0.3, 0.4) is 0 Å². The SMILES string of the molecule is O=P(O)(O)Oc1ccc2c(c1)CC=c1c-2ccc2c1=CC=C2. The predicted octanol–water partition coefficient (Wildman–Crippen LogP) is 1.97. The van der Waals surface area contributed by atoms with Gasteiger partial charge >= 0.3 is 7.82 Å². The number of hydrogen-bond acceptors (Lipinski definition) is 2. The maximum Gasteiger partial charge on any atom is 0.524 e. The van der Waals surface area contributed by atoms with E-state index in [-0.39, 0.29) is 5.75 Å². The minimum atomic E-state index is -4.52. The summed E-state index contributed by atoms with van der Waals surface area (Å²) in [7, 11) is -4.52. The lowest BCUT2D eigenvalue weighted by atomic mass is 9.89. The molecule has 110 valence electrons. The van der Waals surface area contributed by atoms with Gasteiger partial charge in [0.2, 0.25) is 0 Å². The van der Waals surface area contributed by atoms with Crippen LogP contribution in [0.1, 0.15) is 11.1 Å². The Hall–Kier alpha value is -2.13. The summed E-state index contributed by atoms with van der Waals surface area (Å²) in [6, 6.07) is 9.35. The summed E-state index contributed by atoms with van der Waals surface area (Å²) >= 11 is 0. The number of benzene rings is 2. The minimum Gasteiger partial charge on any atom is -0.404 e. The number of phosphoric acid groups is 1. The van der Waals surface area contributed by atoms with E-state index in [1.807, 2.05) is 12.1 Å². The molecule has 2 aromatic carbocycles. The molecule has 0 saturated carbocycles. The first kappa shape index (κ1) is 13.5. The number of rotatable bonds is 2. The van der Waals surface area contributed by atoms with Gasteiger partial charge in [-0.15, -0.1) is 0 Å². The van der Waals surface area contributed by atoms with Gasteiger partial charge in [0.05, 0.1) is 0 Å². The molecule has 0 radical (unpaired) electrons. The van der Waals surface area contributed by atoms with Crippen molar-refractivity contribution < 1.29 is 18.9 Å². The van der Waals surface area contributed by atoms with Crippen LogP contribution in [0.25, 0.3) is 29.4 Å². The van der Waals surface area contributed by atoms with Crippen molar-refractivity contribution in [3.05, 3.63) is 58.0 Å². The molecule has 0 unspecified atom stereocenters. The first-order valence-electron chi connectivity index (χ1n) is 6.91. The zero-order valence-corrected chi connectivity index (χ0v) is 12.5. The molecule has 0 aliphatic heterocycles. The summed E-state index contributed by atoms with van der Waals surface area (Å²) in [6.07, 6.45) is 9.12. The second-order valence-corrected chi connectivity index (χ2v) is 6.53. The highest BCUT2D eigenvalue weighted by atomic mass is 31.2. The lowest BCUT2D eigenvalue weighted by Crippen LogP contribution is -2.30. The molecule has 4 nitrogen and oxygen atoms in total. The standard InChI is InChI=1S/C17H13O4P/c18-22(19,20)21-13-6-9-15-12(10-13)5-8-16-14-3-1-2-11(14)4-7-17(15)16/h1-4,6-10H,5H2,(H2,18,19,20). The predicted molar refractivity (Wildman–Crippen MR) is 85.5 cm³/mol. The fraction of sp³-hybridized carbons (Fsp3) is 0.0588. The largest absolute Gasteiger partial charge is 0.524 e. The fourth-order valence-electron chi connectivity index (χ4n) is 3.10. The molecule has 4 rings (SSSR count). The van der Waals surface area contributed by atoms with E-state index in [0.29, 0.717) is 6.42 Å². The van der Waals surface area contributed by atoms with Crippen molar-refractivity contribution in [2.75, 3.05) is 0 Å². The van der Waals surface area contributed by atoms with Crippen LogP contribution in [0, 0.1) is 0 Å². The normalized spacial score (nSPS) is 14.5. The molecule has 0 atom stereocenters. The van der Waals surface area contributed by atoms with Crippen molar-refractivity contribution in [3.8, 4) is 16.9 Å². The van der Waals surface area contributed by atoms with Crippen molar-refractivity contribution in [2.24, 2.45) is 0 Å². The second kappa shape index (κ2) is 4.68. The van der Waals surface area contributed by atoms with Gasteiger partial charge in [0, 0.05) is 0 Å². The molecular weight excluding hydrogens is 299 g/mol. The molecule has 0 amide bonds. The van der Waals surface area contributed by atoms with Crippen molar-refractivity contribution in [1.29, 1.82) is 0 Å². The van der Waals surface area contributed by atoms with Gasteiger partial charge in [-0.2, -0.15) is 0 Å². The summed E-state index contributed by atoms with van der Waals surface area (Å²) in [5.41, 5.74) is 4.45. The van der Waals surface area contributed by atoms with Crippen LogP contribution in [-0.4, -0.2) is 9.79 Å². The van der Waals surface area contributed by atoms with Crippen molar-refractivity contribution in [3.63, 3.8) is 0 Å². The highest BCUT2D eigenvalue weighted by Crippen LogP contribution is 2.39. The van der Waals surface area contributed by atoms with E-state index in [2.05, 4.69) is 34.9 Å². The second-order valence-electron chi connectivity index (χ2n) is 5.36. The monoisotopic (exact) mass is 312 g/mol. The molecule has 0 heterocycles. The van der Waals surface area contributed by atoms with Crippen LogP contribution in [0.2, 0.25) is 0 Å². The number of phosphoric ester groups is 1. The van der Waals surface area contributed by atoms with Gasteiger partial charge in [-0.05, 0) is 51.2 Å². The molecule has 5 heteroatoms. The number of hydrogen-bond donors (Lipinski definition) is 2. The van der Waals surface area contributed by atoms with Gasteiger partial charge in [0.1, 0.15) is 5.75 Å². The molecule has 0 aromatic heterocycles. The van der Waals surface area contributed by atoms with E-state index < -0.39 is 7.82 Å². The molecular formula is C17H13O4P. The van der Waals surface area contributed by atoms with Crippen LogP contribution >= 0.6 is 7.82 Å². The molecule has 0 fully saturated rings. The summed E-state index contributed by atoms with van der Waals surface area (Å²) in [5, 5.41) is 2.46. The summed E-state index contributed by atoms with van der Waals surface area (Å²) in [4.78, 5) is 17.8. The van der Waals surface area contributed by atoms with E-state index in [0.717, 1.165) is 16.7 Å². The lowest BCUT2D eigenvalue weighted by Gasteiger charge is -2.17. The Kier molecular flexibility index (Phi) is 2.88. The molecule has 0 saturated heterocycles. The van der Waals surface area contributed by atoms with Gasteiger partial charge in [0.15, 0.2) is 0 Å². The summed E-state index contributed by atoms with van der Waals surface area (Å²) < 4.78 is 15.6. The zero-order valence-electron chi connectivity index (χ0n) is 11.6. The van der Waals surface area contributed by atoms with E-state index in [4.69, 9.17) is 9.79 Å². The Bertz CT molecular complexity index is 982. The van der Waals surface area contributed by atoms with Crippen molar-refractivity contribution in [2.45, 2.75) is 6.42 Å². The highest BCUT2D eigenvalue weighted by molar-refractivity contribution is 7.46. The topological polar surface area (TPSA) is 66.8 Å². The number of fused-ring (bicyclic) bond motifs is 5. The van der Waals surface area contributed by atoms with Crippen molar-refractivity contribution in [1.82, 2.24) is 0 Å². The van der Waals surface area contributed by atoms with Gasteiger partial charge in [-0.1, -0.05) is 42.5 Å². The fourth-order valence-corrected chi connectivity index (χ4v) is 3.48. The molecule has 2 aromatic rings. The van der Waals surface area contributed by atoms with Gasteiger partial charge in [0.25, 0.3) is 0 Å². The average molecular weight is 312 g/mol. The molecule has 2 aliphatic carbocycles. The van der Waals surface area contributed by atoms with Gasteiger partial charge < -0.3 is 4.52 Å². The average Bonchev–Trinajstić information content (AvgIpc) is 2.93. The maximum atomic E-state index is 10.9. The van der Waals surface area contributed by atoms with Crippen LogP contribution < -0.4 is 15.0 Å². The van der Waals surface area contributed by atoms with Gasteiger partial charge in [-0.3, -0.25) is 9.79 Å². The van der Waals surface area contributed by atoms with E-state index in [1.54, 1.807) is 12.1 Å². The summed E-state index contributed by atoms with van der Waals surface area (Å²) in [5.74, 6) is 0.193. The first-order valence-corrected chi connectivity index (χ1v) is 8.44. The smallest absolute Gasteiger partial charge is 0.404 e. The van der Waals surface area contributed by atoms with Crippen LogP contribution in [0.4, 0.5) is 0 Å². The third kappa shape index (κ3) is 2.22. The quantitative estimate of drug-likeness (QED) is 0.832. The zero-order chi connectivity index (χ0) is 15.3. The molecule has 22 heavy (non-hydrogen) atoms. The Balaban J connectivity index is 1.85. The third-order valence-electron chi connectivity index (χ3n) is 3.98. The summed E-state index contributed by atoms with van der Waals surface area (Å²) in [6.45, 7) is 0. The molecule has 2 aliphatic rings. The van der Waals surface area contributed by atoms with Crippen LogP contribution in [0.5, 0.6) is 5.75 Å². The Morgan fingerprint density at radius 3 is 2.68 bits per heavy atom. The van der Waals surface area contributed by atoms with E-state index in [1.165, 1.54) is 16.0 Å². The molecule has 0 spiro atoms. The molecule has 2 N–H and O–H groups in total. The maximum absolute atomic E-state index is 10.9. The Morgan fingerprint density at radius 2 is 1.86 bits per heavy atom. The number of allylic oxidation sites excluding steroid dienone is 1. The Labute approximate surface area is 126 Å².